The van der Waals surface area contributed by atoms with Crippen LogP contribution < -0.4 is 20.3 Å². The molecule has 0 aliphatic carbocycles. The van der Waals surface area contributed by atoms with E-state index in [9.17, 15) is 22.4 Å². The molecule has 0 spiro atoms. The topological polar surface area (TPSA) is 79.4 Å². The highest BCUT2D eigenvalue weighted by molar-refractivity contribution is 6.08. The van der Waals surface area contributed by atoms with Gasteiger partial charge < -0.3 is 20.3 Å². The summed E-state index contributed by atoms with van der Waals surface area (Å²) in [7, 11) is 1.35. The second kappa shape index (κ2) is 10.5. The first kappa shape index (κ1) is 26.6. The molecule has 1 aromatic carbocycles. The van der Waals surface area contributed by atoms with Crippen molar-refractivity contribution in [1.29, 1.82) is 0 Å². The molecule has 11 heteroatoms. The number of pyridine rings is 2. The van der Waals surface area contributed by atoms with Gasteiger partial charge in [0.1, 0.15) is 5.52 Å². The maximum atomic E-state index is 13.9. The van der Waals surface area contributed by atoms with Crippen molar-refractivity contribution < 1.29 is 27.1 Å². The van der Waals surface area contributed by atoms with Gasteiger partial charge in [-0.25, -0.2) is 9.37 Å². The molecule has 0 saturated carbocycles. The first-order chi connectivity index (χ1) is 17.5. The van der Waals surface area contributed by atoms with Gasteiger partial charge in [0.05, 0.1) is 24.4 Å². The molecule has 3 aromatic rings. The molecular weight excluding hydrogens is 490 g/mol. The van der Waals surface area contributed by atoms with Crippen LogP contribution in [0.4, 0.5) is 23.2 Å². The summed E-state index contributed by atoms with van der Waals surface area (Å²) in [5.41, 5.74) is -0.0577. The number of rotatable bonds is 5. The molecule has 198 valence electrons. The Morgan fingerprint density at radius 2 is 2.03 bits per heavy atom. The standard InChI is InChI=1S/C26H29F4N5O2/c1-14-7-9-35(10-8-31-14)23-18-11-15(2)33-24(26(28,29)30)22(18)32-13-19(23)25(36)34-16(3)17-5-6-20(27)21(12-17)37-4/h5-6,11-14,16,31H,7-10H2,1-4H3,(H,34,36)/t14-,16-/m0/s1. The molecule has 7 nitrogen and oxygen atoms in total. The molecule has 2 aromatic heterocycles. The van der Waals surface area contributed by atoms with Crippen LogP contribution in [0, 0.1) is 12.7 Å². The molecule has 1 fully saturated rings. The maximum Gasteiger partial charge on any atom is 0.435 e. The predicted octanol–water partition coefficient (Wildman–Crippen LogP) is 4.78. The molecule has 2 atom stereocenters. The number of aryl methyl sites for hydroxylation is 1. The summed E-state index contributed by atoms with van der Waals surface area (Å²) < 4.78 is 60.5. The number of carbonyl (C=O) groups excluding carboxylic acids is 1. The van der Waals surface area contributed by atoms with Gasteiger partial charge in [0.15, 0.2) is 17.3 Å². The fraction of sp³-hybridized carbons (Fsp3) is 0.423. The summed E-state index contributed by atoms with van der Waals surface area (Å²) in [5.74, 6) is -0.992. The van der Waals surface area contributed by atoms with Gasteiger partial charge >= 0.3 is 6.18 Å². The SMILES string of the molecule is COc1cc([C@H](C)NC(=O)c2cnc3c(C(F)(F)F)nc(C)cc3c2N2CCN[C@@H](C)CC2)ccc1F. The largest absolute Gasteiger partial charge is 0.494 e. The number of nitrogens with zero attached hydrogens (tertiary/aromatic N) is 3. The predicted molar refractivity (Wildman–Crippen MR) is 132 cm³/mol. The number of aromatic nitrogens is 2. The molecule has 3 heterocycles. The second-order valence-electron chi connectivity index (χ2n) is 9.25. The molecule has 1 aliphatic heterocycles. The summed E-state index contributed by atoms with van der Waals surface area (Å²) in [5, 5.41) is 6.46. The van der Waals surface area contributed by atoms with Crippen molar-refractivity contribution in [1.82, 2.24) is 20.6 Å². The van der Waals surface area contributed by atoms with Gasteiger partial charge in [0.25, 0.3) is 5.91 Å². The lowest BCUT2D eigenvalue weighted by atomic mass is 10.0. The Balaban J connectivity index is 1.81. The number of nitrogens with one attached hydrogen (secondary N) is 2. The van der Waals surface area contributed by atoms with Crippen molar-refractivity contribution in [3.63, 3.8) is 0 Å². The highest BCUT2D eigenvalue weighted by atomic mass is 19.4. The van der Waals surface area contributed by atoms with E-state index in [0.717, 1.165) is 6.42 Å². The summed E-state index contributed by atoms with van der Waals surface area (Å²) >= 11 is 0. The molecule has 4 rings (SSSR count). The summed E-state index contributed by atoms with van der Waals surface area (Å²) in [6.07, 6.45) is -2.78. The van der Waals surface area contributed by atoms with Gasteiger partial charge in [-0.1, -0.05) is 6.07 Å². The van der Waals surface area contributed by atoms with Crippen LogP contribution in [0.1, 0.15) is 53.6 Å². The van der Waals surface area contributed by atoms with Gasteiger partial charge in [0.2, 0.25) is 0 Å². The number of methoxy groups -OCH3 is 1. The molecule has 0 unspecified atom stereocenters. The van der Waals surface area contributed by atoms with Crippen molar-refractivity contribution in [3.8, 4) is 5.75 Å². The Kier molecular flexibility index (Phi) is 7.54. The Labute approximate surface area is 212 Å². The summed E-state index contributed by atoms with van der Waals surface area (Å²) in [4.78, 5) is 23.3. The van der Waals surface area contributed by atoms with Crippen molar-refractivity contribution in [3.05, 3.63) is 58.8 Å². The third-order valence-electron chi connectivity index (χ3n) is 6.51. The normalized spacial score (nSPS) is 17.4. The zero-order chi connectivity index (χ0) is 26.9. The zero-order valence-corrected chi connectivity index (χ0v) is 21.0. The van der Waals surface area contributed by atoms with Crippen molar-refractivity contribution >= 4 is 22.5 Å². The van der Waals surface area contributed by atoms with Gasteiger partial charge in [-0.15, -0.1) is 0 Å². The molecule has 1 amide bonds. The molecule has 0 bridgehead atoms. The Morgan fingerprint density at radius 3 is 2.73 bits per heavy atom. The lowest BCUT2D eigenvalue weighted by Crippen LogP contribution is -2.33. The average molecular weight is 520 g/mol. The van der Waals surface area contributed by atoms with E-state index >= 15 is 0 Å². The Bertz CT molecular complexity index is 1310. The molecule has 0 radical (unpaired) electrons. The van der Waals surface area contributed by atoms with E-state index in [1.807, 2.05) is 11.8 Å². The molecule has 2 N–H and O–H groups in total. The van der Waals surface area contributed by atoms with Crippen LogP contribution in [-0.4, -0.2) is 48.7 Å². The van der Waals surface area contributed by atoms with Crippen LogP contribution in [-0.2, 0) is 6.18 Å². The number of hydrogen-bond acceptors (Lipinski definition) is 6. The molecular formula is C26H29F4N5O2. The lowest BCUT2D eigenvalue weighted by molar-refractivity contribution is -0.140. The zero-order valence-electron chi connectivity index (χ0n) is 21.0. The van der Waals surface area contributed by atoms with E-state index in [0.29, 0.717) is 30.9 Å². The van der Waals surface area contributed by atoms with E-state index in [4.69, 9.17) is 4.74 Å². The van der Waals surface area contributed by atoms with Crippen LogP contribution in [0.15, 0.2) is 30.5 Å². The van der Waals surface area contributed by atoms with Crippen LogP contribution >= 0.6 is 0 Å². The van der Waals surface area contributed by atoms with Gasteiger partial charge in [0, 0.05) is 43.0 Å². The smallest absolute Gasteiger partial charge is 0.435 e. The highest BCUT2D eigenvalue weighted by Crippen LogP contribution is 2.38. The summed E-state index contributed by atoms with van der Waals surface area (Å²) in [6, 6.07) is 5.50. The van der Waals surface area contributed by atoms with E-state index in [1.165, 1.54) is 38.4 Å². The van der Waals surface area contributed by atoms with Gasteiger partial charge in [-0.05, 0) is 51.0 Å². The minimum atomic E-state index is -4.71. The number of alkyl halides is 3. The number of anilines is 1. The number of halogens is 4. The second-order valence-corrected chi connectivity index (χ2v) is 9.25. The summed E-state index contributed by atoms with van der Waals surface area (Å²) in [6.45, 7) is 6.90. The van der Waals surface area contributed by atoms with Crippen LogP contribution in [0.2, 0.25) is 0 Å². The average Bonchev–Trinajstić information content (AvgIpc) is 3.06. The molecule has 1 aliphatic rings. The quantitative estimate of drug-likeness (QED) is 0.473. The Morgan fingerprint density at radius 1 is 1.27 bits per heavy atom. The molecule has 37 heavy (non-hydrogen) atoms. The third kappa shape index (κ3) is 5.61. The van der Waals surface area contributed by atoms with Crippen LogP contribution in [0.25, 0.3) is 10.9 Å². The highest BCUT2D eigenvalue weighted by Gasteiger charge is 2.37. The first-order valence-electron chi connectivity index (χ1n) is 12.0. The number of carbonyl (C=O) groups is 1. The minimum absolute atomic E-state index is 0.0421. The van der Waals surface area contributed by atoms with E-state index in [-0.39, 0.29) is 34.0 Å². The first-order valence-corrected chi connectivity index (χ1v) is 12.0. The van der Waals surface area contributed by atoms with E-state index < -0.39 is 29.6 Å². The van der Waals surface area contributed by atoms with Crippen LogP contribution in [0.3, 0.4) is 0 Å². The van der Waals surface area contributed by atoms with E-state index in [2.05, 4.69) is 20.6 Å². The van der Waals surface area contributed by atoms with Crippen molar-refractivity contribution in [2.45, 2.75) is 45.5 Å². The van der Waals surface area contributed by atoms with E-state index in [1.54, 1.807) is 13.0 Å². The fourth-order valence-electron chi connectivity index (χ4n) is 4.55. The number of amides is 1. The number of hydrogen-bond donors (Lipinski definition) is 2. The maximum absolute atomic E-state index is 13.9. The third-order valence-corrected chi connectivity index (χ3v) is 6.51. The lowest BCUT2D eigenvalue weighted by Gasteiger charge is -2.27. The van der Waals surface area contributed by atoms with Gasteiger partial charge in [-0.3, -0.25) is 9.78 Å². The Hall–Kier alpha value is -3.47. The number of ether oxygens (including phenoxy) is 1. The van der Waals surface area contributed by atoms with Gasteiger partial charge in [-0.2, -0.15) is 13.2 Å². The fourth-order valence-corrected chi connectivity index (χ4v) is 4.55. The van der Waals surface area contributed by atoms with Crippen molar-refractivity contribution in [2.24, 2.45) is 0 Å². The number of fused-ring (bicyclic) bond motifs is 1. The monoisotopic (exact) mass is 519 g/mol. The minimum Gasteiger partial charge on any atom is -0.494 e. The van der Waals surface area contributed by atoms with Crippen LogP contribution in [0.5, 0.6) is 5.75 Å². The molecule has 1 saturated heterocycles. The van der Waals surface area contributed by atoms with Crippen molar-refractivity contribution in [2.75, 3.05) is 31.6 Å². The number of benzene rings is 1.